The molecule has 0 aliphatic carbocycles. The Morgan fingerprint density at radius 2 is 0.875 bits per heavy atom. The molecule has 0 amide bonds. The monoisotopic (exact) mass is 181 g/mol. The minimum absolute atomic E-state index is 0. The smallest absolute Gasteiger partial charge is 0.00686 e. The van der Waals surface area contributed by atoms with E-state index < -0.39 is 0 Å². The van der Waals surface area contributed by atoms with Crippen molar-refractivity contribution in [2.24, 2.45) is 5.73 Å². The average molecular weight is 183 g/mol. The minimum Gasteiger partial charge on any atom is -0.326 e. The lowest BCUT2D eigenvalue weighted by Crippen LogP contribution is -2.26. The molecule has 0 atom stereocenters. The topological polar surface area (TPSA) is 26.0 Å². The Morgan fingerprint density at radius 3 is 0.875 bits per heavy atom. The van der Waals surface area contributed by atoms with Gasteiger partial charge in [-0.1, -0.05) is 0 Å². The average Bonchev–Trinajstić information content (AvgIpc) is 0.722. The fourth-order valence-electron chi connectivity index (χ4n) is 0. The van der Waals surface area contributed by atoms with E-state index >= 15 is 0 Å². The van der Waals surface area contributed by atoms with Crippen LogP contribution in [0.5, 0.6) is 0 Å². The normalized spacial score (nSPS) is 7.50. The molecule has 4 heteroatoms. The van der Waals surface area contributed by atoms with E-state index in [1.165, 1.54) is 0 Å². The lowest BCUT2D eigenvalue weighted by atomic mass is 10.1. The molecule has 0 aliphatic rings. The third kappa shape index (κ3) is 337. The van der Waals surface area contributed by atoms with Gasteiger partial charge in [0.1, 0.15) is 0 Å². The maximum Gasteiger partial charge on any atom is 0.00686 e. The van der Waals surface area contributed by atoms with Gasteiger partial charge in [-0.25, -0.2) is 0 Å². The van der Waals surface area contributed by atoms with Crippen LogP contribution in [0.25, 0.3) is 0 Å². The van der Waals surface area contributed by atoms with Gasteiger partial charge in [-0.05, 0) is 20.8 Å². The first kappa shape index (κ1) is 23.2. The van der Waals surface area contributed by atoms with Gasteiger partial charge < -0.3 is 5.73 Å². The zero-order valence-electron chi connectivity index (χ0n) is 5.30. The van der Waals surface area contributed by atoms with Gasteiger partial charge in [0.25, 0.3) is 0 Å². The molecule has 1 nitrogen and oxygen atoms in total. The molecule has 0 aliphatic heterocycles. The number of rotatable bonds is 0. The van der Waals surface area contributed by atoms with Crippen LogP contribution >= 0.6 is 37.2 Å². The fraction of sp³-hybridized carbons (Fsp3) is 1.00. The van der Waals surface area contributed by atoms with Gasteiger partial charge >= 0.3 is 0 Å². The van der Waals surface area contributed by atoms with Gasteiger partial charge in [0.05, 0.1) is 0 Å². The van der Waals surface area contributed by atoms with Crippen LogP contribution < -0.4 is 5.73 Å². The van der Waals surface area contributed by atoms with E-state index in [1.807, 2.05) is 20.8 Å². The second-order valence-corrected chi connectivity index (χ2v) is 2.37. The van der Waals surface area contributed by atoms with Crippen LogP contribution in [-0.2, 0) is 0 Å². The standard InChI is InChI=1S/C4H11N.3ClH/c1-4(2,3)5;;;/h5H2,1-3H3;3*1H. The molecule has 0 bridgehead atoms. The van der Waals surface area contributed by atoms with E-state index in [0.29, 0.717) is 0 Å². The molecule has 0 rings (SSSR count). The molecule has 0 aromatic rings. The molecule has 0 radical (unpaired) electrons. The van der Waals surface area contributed by atoms with Crippen LogP contribution in [0, 0.1) is 0 Å². The first-order valence-corrected chi connectivity index (χ1v) is 1.79. The Balaban J connectivity index is -0.0000000267. The van der Waals surface area contributed by atoms with Gasteiger partial charge in [0, 0.05) is 5.54 Å². The Hall–Kier alpha value is 0.830. The predicted molar refractivity (Wildman–Crippen MR) is 45.7 cm³/mol. The van der Waals surface area contributed by atoms with Gasteiger partial charge in [0.15, 0.2) is 0 Å². The second kappa shape index (κ2) is 7.83. The number of hydrogen-bond donors (Lipinski definition) is 1. The van der Waals surface area contributed by atoms with E-state index in [1.54, 1.807) is 0 Å². The maximum absolute atomic E-state index is 5.35. The van der Waals surface area contributed by atoms with E-state index in [2.05, 4.69) is 0 Å². The summed E-state index contributed by atoms with van der Waals surface area (Å²) in [6.45, 7) is 5.90. The van der Waals surface area contributed by atoms with Crippen molar-refractivity contribution < 1.29 is 0 Å². The van der Waals surface area contributed by atoms with Crippen molar-refractivity contribution >= 4 is 37.2 Å². The molecular weight excluding hydrogens is 168 g/mol. The zero-order chi connectivity index (χ0) is 4.50. The van der Waals surface area contributed by atoms with Crippen molar-refractivity contribution in [1.82, 2.24) is 0 Å². The second-order valence-electron chi connectivity index (χ2n) is 2.37. The fourth-order valence-corrected chi connectivity index (χ4v) is 0. The summed E-state index contributed by atoms with van der Waals surface area (Å²) in [5.74, 6) is 0. The summed E-state index contributed by atoms with van der Waals surface area (Å²) in [6.07, 6.45) is 0. The zero-order valence-corrected chi connectivity index (χ0v) is 7.75. The molecule has 0 heterocycles. The van der Waals surface area contributed by atoms with Gasteiger partial charge in [-0.2, -0.15) is 0 Å². The summed E-state index contributed by atoms with van der Waals surface area (Å²) in [5.41, 5.74) is 5.35. The number of nitrogens with two attached hydrogens (primary N) is 1. The van der Waals surface area contributed by atoms with Crippen molar-refractivity contribution in [3.05, 3.63) is 0 Å². The molecule has 0 spiro atoms. The van der Waals surface area contributed by atoms with Gasteiger partial charge in [-0.3, -0.25) is 0 Å². The molecular formula is C4H14Cl3N. The Labute approximate surface area is 69.6 Å². The van der Waals surface area contributed by atoms with Crippen LogP contribution in [0.2, 0.25) is 0 Å². The van der Waals surface area contributed by atoms with E-state index in [4.69, 9.17) is 5.73 Å². The van der Waals surface area contributed by atoms with Crippen LogP contribution in [0.3, 0.4) is 0 Å². The molecule has 0 unspecified atom stereocenters. The summed E-state index contributed by atoms with van der Waals surface area (Å²) in [7, 11) is 0. The highest BCUT2D eigenvalue weighted by molar-refractivity contribution is 5.86. The molecule has 0 fully saturated rings. The molecule has 0 aromatic heterocycles. The van der Waals surface area contributed by atoms with Crippen molar-refractivity contribution in [1.29, 1.82) is 0 Å². The van der Waals surface area contributed by atoms with E-state index in [0.717, 1.165) is 0 Å². The molecule has 0 saturated heterocycles. The highest BCUT2D eigenvalue weighted by Gasteiger charge is 1.95. The van der Waals surface area contributed by atoms with Crippen molar-refractivity contribution in [3.8, 4) is 0 Å². The van der Waals surface area contributed by atoms with E-state index in [9.17, 15) is 0 Å². The van der Waals surface area contributed by atoms with E-state index in [-0.39, 0.29) is 42.8 Å². The highest BCUT2D eigenvalue weighted by atomic mass is 35.5. The third-order valence-corrected chi connectivity index (χ3v) is 0. The Bertz CT molecular complexity index is 26.8. The first-order valence-electron chi connectivity index (χ1n) is 1.79. The van der Waals surface area contributed by atoms with Gasteiger partial charge in [-0.15, -0.1) is 37.2 Å². The predicted octanol–water partition coefficient (Wildman–Crippen LogP) is 2.01. The molecule has 0 saturated carbocycles. The Morgan fingerprint density at radius 1 is 0.875 bits per heavy atom. The molecule has 2 N–H and O–H groups in total. The molecule has 8 heavy (non-hydrogen) atoms. The lowest BCUT2D eigenvalue weighted by molar-refractivity contribution is 0.580. The van der Waals surface area contributed by atoms with Crippen LogP contribution in [0.4, 0.5) is 0 Å². The minimum atomic E-state index is 0. The SMILES string of the molecule is CC(C)(C)N.Cl.Cl.Cl. The van der Waals surface area contributed by atoms with Crippen LogP contribution in [-0.4, -0.2) is 5.54 Å². The summed E-state index contributed by atoms with van der Waals surface area (Å²) in [4.78, 5) is 0. The van der Waals surface area contributed by atoms with Crippen LogP contribution in [0.15, 0.2) is 0 Å². The molecule has 0 aromatic carbocycles. The Kier molecular flexibility index (Phi) is 22.7. The van der Waals surface area contributed by atoms with Crippen molar-refractivity contribution in [3.63, 3.8) is 0 Å². The summed E-state index contributed by atoms with van der Waals surface area (Å²) < 4.78 is 0. The van der Waals surface area contributed by atoms with Crippen molar-refractivity contribution in [2.75, 3.05) is 0 Å². The van der Waals surface area contributed by atoms with Crippen LogP contribution in [0.1, 0.15) is 20.8 Å². The number of halogens is 3. The molecule has 56 valence electrons. The summed E-state index contributed by atoms with van der Waals surface area (Å²) in [5, 5.41) is 0. The number of hydrogen-bond acceptors (Lipinski definition) is 1. The third-order valence-electron chi connectivity index (χ3n) is 0. The first-order chi connectivity index (χ1) is 2.00. The van der Waals surface area contributed by atoms with Crippen molar-refractivity contribution in [2.45, 2.75) is 26.3 Å². The summed E-state index contributed by atoms with van der Waals surface area (Å²) in [6, 6.07) is 0. The highest BCUT2D eigenvalue weighted by Crippen LogP contribution is 1.88. The van der Waals surface area contributed by atoms with Gasteiger partial charge in [0.2, 0.25) is 0 Å². The summed E-state index contributed by atoms with van der Waals surface area (Å²) >= 11 is 0. The quantitative estimate of drug-likeness (QED) is 0.609. The largest absolute Gasteiger partial charge is 0.326 e. The lowest BCUT2D eigenvalue weighted by Gasteiger charge is -2.06. The maximum atomic E-state index is 5.35.